The molecule has 5 aliphatic rings. The lowest BCUT2D eigenvalue weighted by molar-refractivity contribution is 0.390. The van der Waals surface area contributed by atoms with E-state index in [2.05, 4.69) is 243 Å². The molecule has 0 radical (unpaired) electrons. The molecule has 2 aliphatic carbocycles. The average molecular weight is 873 g/mol. The number of hydrogen-bond acceptors (Lipinski definition) is 4. The lowest BCUT2D eigenvalue weighted by atomic mass is 9.86. The summed E-state index contributed by atoms with van der Waals surface area (Å²) in [5, 5.41) is 13.1. The molecule has 1 N–H and O–H groups in total. The van der Waals surface area contributed by atoms with Gasteiger partial charge in [-0.1, -0.05) is 207 Å². The van der Waals surface area contributed by atoms with E-state index >= 15 is 0 Å². The summed E-state index contributed by atoms with van der Waals surface area (Å²) in [5.74, 6) is 4.02. The molecule has 0 bridgehead atoms. The summed E-state index contributed by atoms with van der Waals surface area (Å²) >= 11 is 0. The van der Waals surface area contributed by atoms with Gasteiger partial charge in [0.1, 0.15) is 29.2 Å². The molecule has 5 atom stereocenters. The second kappa shape index (κ2) is 16.1. The highest BCUT2D eigenvalue weighted by molar-refractivity contribution is 7.21. The first-order chi connectivity index (χ1) is 32.2. The number of para-hydroxylation sites is 4. The zero-order chi connectivity index (χ0) is 43.4. The summed E-state index contributed by atoms with van der Waals surface area (Å²) in [6.45, 7) is 2.29. The van der Waals surface area contributed by atoms with Crippen molar-refractivity contribution in [1.29, 1.82) is 0 Å². The van der Waals surface area contributed by atoms with E-state index in [0.717, 1.165) is 52.0 Å². The van der Waals surface area contributed by atoms with Gasteiger partial charge in [-0.25, -0.2) is 0 Å². The fourth-order valence-electron chi connectivity index (χ4n) is 11.4. The highest BCUT2D eigenvalue weighted by atomic mass is 28.3. The van der Waals surface area contributed by atoms with E-state index in [4.69, 9.17) is 14.5 Å². The Morgan fingerprint density at radius 1 is 0.508 bits per heavy atom. The first-order valence-corrected chi connectivity index (χ1v) is 27.0. The van der Waals surface area contributed by atoms with Crippen LogP contribution in [-0.4, -0.2) is 28.0 Å². The van der Waals surface area contributed by atoms with E-state index < -0.39 is 16.1 Å². The molecule has 0 saturated heterocycles. The minimum Gasteiger partial charge on any atom is -0.457 e. The van der Waals surface area contributed by atoms with E-state index in [1.54, 1.807) is 0 Å². The van der Waals surface area contributed by atoms with Gasteiger partial charge in [-0.15, -0.1) is 0 Å². The fourth-order valence-corrected chi connectivity index (χ4v) is 21.9. The van der Waals surface area contributed by atoms with E-state index in [1.807, 2.05) is 0 Å². The Morgan fingerprint density at radius 3 is 1.74 bits per heavy atom. The molecule has 0 saturated carbocycles. The largest absolute Gasteiger partial charge is 0.457 e. The van der Waals surface area contributed by atoms with Gasteiger partial charge in [-0.3, -0.25) is 4.99 Å². The Bertz CT molecular complexity index is 3110. The molecule has 0 amide bonds. The second-order valence-corrected chi connectivity index (χ2v) is 25.5. The minimum atomic E-state index is -2.89. The highest BCUT2D eigenvalue weighted by Gasteiger charge is 2.52. The van der Waals surface area contributed by atoms with Crippen molar-refractivity contribution in [2.75, 3.05) is 0 Å². The number of aliphatic imine (C=N–C) groups is 1. The van der Waals surface area contributed by atoms with Crippen LogP contribution < -0.4 is 51.1 Å². The number of nitrogens with one attached hydrogen (secondary N) is 1. The molecule has 6 heteroatoms. The molecule has 0 spiro atoms. The minimum absolute atomic E-state index is 0.111. The third-order valence-corrected chi connectivity index (χ3v) is 24.4. The van der Waals surface area contributed by atoms with Crippen molar-refractivity contribution in [3.63, 3.8) is 0 Å². The van der Waals surface area contributed by atoms with Crippen LogP contribution in [0.3, 0.4) is 0 Å². The molecular formula is C59H48N2O2Si2. The molecule has 12 rings (SSSR count). The Balaban J connectivity index is 1.09. The molecule has 3 heterocycles. The highest BCUT2D eigenvalue weighted by Crippen LogP contribution is 2.42. The Morgan fingerprint density at radius 2 is 1.06 bits per heavy atom. The lowest BCUT2D eigenvalue weighted by Crippen LogP contribution is -2.76. The third-order valence-electron chi connectivity index (χ3n) is 14.3. The van der Waals surface area contributed by atoms with Crippen LogP contribution >= 0.6 is 0 Å². The maximum atomic E-state index is 7.25. The molecular weight excluding hydrogens is 825 g/mol. The maximum Gasteiger partial charge on any atom is 0.188 e. The number of hydrogen-bond donors (Lipinski definition) is 1. The van der Waals surface area contributed by atoms with E-state index in [0.29, 0.717) is 5.54 Å². The van der Waals surface area contributed by atoms with Crippen molar-refractivity contribution < 1.29 is 9.47 Å². The van der Waals surface area contributed by atoms with E-state index in [-0.39, 0.29) is 18.0 Å². The van der Waals surface area contributed by atoms with Gasteiger partial charge >= 0.3 is 0 Å². The number of fused-ring (bicyclic) bond motifs is 4. The van der Waals surface area contributed by atoms with Crippen molar-refractivity contribution in [2.45, 2.75) is 25.1 Å². The molecule has 5 unspecified atom stereocenters. The number of allylic oxidation sites excluding steroid dienone is 8. The Kier molecular flexibility index (Phi) is 9.73. The lowest BCUT2D eigenvalue weighted by Gasteiger charge is -2.44. The molecule has 0 aromatic heterocycles. The van der Waals surface area contributed by atoms with Crippen molar-refractivity contribution >= 4 is 63.9 Å². The summed E-state index contributed by atoms with van der Waals surface area (Å²) in [6, 6.07) is 64.5. The number of nitrogens with zero attached hydrogens (tertiary/aromatic N) is 1. The first-order valence-electron chi connectivity index (χ1n) is 22.9. The Hall–Kier alpha value is -7.26. The van der Waals surface area contributed by atoms with Gasteiger partial charge in [-0.2, -0.15) is 0 Å². The van der Waals surface area contributed by atoms with Crippen molar-refractivity contribution in [2.24, 2.45) is 16.8 Å². The number of rotatable bonds is 7. The molecule has 314 valence electrons. The molecule has 4 nitrogen and oxygen atoms in total. The van der Waals surface area contributed by atoms with Crippen LogP contribution in [-0.2, 0) is 0 Å². The predicted molar refractivity (Wildman–Crippen MR) is 273 cm³/mol. The SMILES string of the molecule is CC1C=CC=CC1C1N=C(c2cccc3c2Oc2ccccc2[Si]3(c2ccccc2)c2ccccc2)C=C(c2cccc3c2Oc2ccccc2[Si]3(c2ccccc2)C2C=CC=CC2)N1. The zero-order valence-corrected chi connectivity index (χ0v) is 38.2. The van der Waals surface area contributed by atoms with Gasteiger partial charge < -0.3 is 14.8 Å². The van der Waals surface area contributed by atoms with Gasteiger partial charge in [0.25, 0.3) is 0 Å². The molecule has 7 aromatic carbocycles. The summed E-state index contributed by atoms with van der Waals surface area (Å²) in [4.78, 5) is 5.69. The van der Waals surface area contributed by atoms with E-state index in [1.165, 1.54) is 36.3 Å². The molecule has 3 aliphatic heterocycles. The normalized spacial score (nSPS) is 23.0. The summed E-state index contributed by atoms with van der Waals surface area (Å²) < 4.78 is 14.5. The second-order valence-electron chi connectivity index (χ2n) is 17.7. The quantitative estimate of drug-likeness (QED) is 0.163. The molecule has 65 heavy (non-hydrogen) atoms. The monoisotopic (exact) mass is 872 g/mol. The van der Waals surface area contributed by atoms with Crippen LogP contribution in [0.15, 0.2) is 236 Å². The summed E-state index contributed by atoms with van der Waals surface area (Å²) in [5.41, 5.74) is 4.19. The fraction of sp³-hybridized carbons (Fsp3) is 0.102. The smallest absolute Gasteiger partial charge is 0.188 e. The van der Waals surface area contributed by atoms with Crippen LogP contribution in [0.1, 0.15) is 24.5 Å². The molecule has 7 aromatic rings. The Labute approximate surface area is 383 Å². The number of ether oxygens (including phenoxy) is 2. The zero-order valence-electron chi connectivity index (χ0n) is 36.2. The summed E-state index contributed by atoms with van der Waals surface area (Å²) in [6.07, 6.45) is 21.1. The standard InChI is InChI=1S/C59H48N2O2Si2/c1-41-22-14-15-31-46(41)59-60-49(47-32-20-38-55-57(47)62-51-34-16-18-36-53(51)64(55,42-23-6-2-7-24-42)43-25-8-3-9-26-43)40-50(61-59)48-33-21-39-56-58(48)63-52-35-17-19-37-54(52)65(56,44-27-10-4-11-28-44)45-29-12-5-13-30-45/h2-29,31-41,45-46,59,61H,30H2,1H3. The number of benzene rings is 7. The van der Waals surface area contributed by atoms with Crippen molar-refractivity contribution in [3.05, 3.63) is 242 Å². The van der Waals surface area contributed by atoms with Crippen molar-refractivity contribution in [3.8, 4) is 23.0 Å². The summed E-state index contributed by atoms with van der Waals surface area (Å²) in [7, 11) is -5.65. The van der Waals surface area contributed by atoms with Crippen LogP contribution in [0.25, 0.3) is 5.70 Å². The van der Waals surface area contributed by atoms with Crippen molar-refractivity contribution in [1.82, 2.24) is 5.32 Å². The first kappa shape index (κ1) is 39.3. The predicted octanol–water partition coefficient (Wildman–Crippen LogP) is 8.77. The molecule has 0 fully saturated rings. The van der Waals surface area contributed by atoms with Gasteiger partial charge in [-0.05, 0) is 84.5 Å². The van der Waals surface area contributed by atoms with Gasteiger partial charge in [0, 0.05) is 22.7 Å². The van der Waals surface area contributed by atoms with Gasteiger partial charge in [0.05, 0.1) is 5.71 Å². The van der Waals surface area contributed by atoms with Crippen LogP contribution in [0.2, 0.25) is 5.54 Å². The van der Waals surface area contributed by atoms with Crippen LogP contribution in [0, 0.1) is 11.8 Å². The van der Waals surface area contributed by atoms with Gasteiger partial charge in [0.15, 0.2) is 16.1 Å². The third kappa shape index (κ3) is 6.19. The van der Waals surface area contributed by atoms with E-state index in [9.17, 15) is 0 Å². The van der Waals surface area contributed by atoms with Gasteiger partial charge in [0.2, 0.25) is 0 Å². The average Bonchev–Trinajstić information content (AvgIpc) is 3.38. The topological polar surface area (TPSA) is 42.9 Å². The maximum absolute atomic E-state index is 7.25. The van der Waals surface area contributed by atoms with Crippen LogP contribution in [0.5, 0.6) is 23.0 Å². The van der Waals surface area contributed by atoms with Crippen LogP contribution in [0.4, 0.5) is 0 Å².